The Morgan fingerprint density at radius 2 is 2.00 bits per heavy atom. The molecule has 0 saturated carbocycles. The molecule has 0 unspecified atom stereocenters. The summed E-state index contributed by atoms with van der Waals surface area (Å²) in [6, 6.07) is 0. The fourth-order valence-corrected chi connectivity index (χ4v) is 3.80. The maximum atomic E-state index is 13.0. The van der Waals surface area contributed by atoms with Gasteiger partial charge in [-0.15, -0.1) is 0 Å². The van der Waals surface area contributed by atoms with E-state index in [1.165, 1.54) is 24.3 Å². The first-order chi connectivity index (χ1) is 13.7. The number of carbonyl (C=O) groups excluding carboxylic acids is 1. The van der Waals surface area contributed by atoms with Crippen molar-refractivity contribution in [2.45, 2.75) is 44.1 Å². The molecule has 0 aliphatic rings. The maximum Gasteiger partial charge on any atom is 0.240 e. The van der Waals surface area contributed by atoms with E-state index in [1.807, 2.05) is 27.7 Å². The smallest absolute Gasteiger partial charge is 0.240 e. The van der Waals surface area contributed by atoms with Gasteiger partial charge in [0.15, 0.2) is 5.65 Å². The Kier molecular flexibility index (Phi) is 6.52. The number of thioether (sulfide) groups is 1. The highest BCUT2D eigenvalue weighted by molar-refractivity contribution is 9.10. The molecule has 3 aromatic heterocycles. The zero-order valence-corrected chi connectivity index (χ0v) is 18.7. The SMILES string of the molecule is CC(C)Oc1nc(NC(=O)[C@@H](Sc2nc(N)nc3nc[nH]c23)C(C)C)ncc1Br. The average molecular weight is 481 g/mol. The first kappa shape index (κ1) is 21.2. The number of halogens is 1. The topological polar surface area (TPSA) is 145 Å². The van der Waals surface area contributed by atoms with E-state index in [2.05, 4.69) is 51.2 Å². The van der Waals surface area contributed by atoms with Gasteiger partial charge in [-0.2, -0.15) is 9.97 Å². The molecule has 154 valence electrons. The van der Waals surface area contributed by atoms with Crippen molar-refractivity contribution >= 4 is 56.7 Å². The molecule has 3 rings (SSSR count). The van der Waals surface area contributed by atoms with Gasteiger partial charge in [-0.1, -0.05) is 25.6 Å². The Morgan fingerprint density at radius 1 is 1.24 bits per heavy atom. The van der Waals surface area contributed by atoms with Crippen molar-refractivity contribution in [3.63, 3.8) is 0 Å². The minimum absolute atomic E-state index is 0.00371. The van der Waals surface area contributed by atoms with Crippen molar-refractivity contribution in [3.05, 3.63) is 17.0 Å². The summed E-state index contributed by atoms with van der Waals surface area (Å²) in [6.07, 6.45) is 2.99. The Balaban J connectivity index is 1.82. The minimum atomic E-state index is -0.475. The monoisotopic (exact) mass is 480 g/mol. The van der Waals surface area contributed by atoms with E-state index in [0.29, 0.717) is 26.5 Å². The Bertz CT molecular complexity index is 1030. The molecule has 0 aliphatic carbocycles. The van der Waals surface area contributed by atoms with Gasteiger partial charge in [0.05, 0.1) is 28.4 Å². The van der Waals surface area contributed by atoms with Crippen LogP contribution in [0.15, 0.2) is 22.0 Å². The van der Waals surface area contributed by atoms with Crippen LogP contribution in [0, 0.1) is 5.92 Å². The van der Waals surface area contributed by atoms with E-state index in [9.17, 15) is 4.79 Å². The summed E-state index contributed by atoms with van der Waals surface area (Å²) >= 11 is 4.63. The van der Waals surface area contributed by atoms with E-state index in [1.54, 1.807) is 0 Å². The minimum Gasteiger partial charge on any atom is -0.474 e. The van der Waals surface area contributed by atoms with Gasteiger partial charge in [-0.05, 0) is 35.7 Å². The first-order valence-corrected chi connectivity index (χ1v) is 10.5. The number of hydrogen-bond acceptors (Lipinski definition) is 9. The molecule has 4 N–H and O–H groups in total. The van der Waals surface area contributed by atoms with Crippen LogP contribution in [0.3, 0.4) is 0 Å². The average Bonchev–Trinajstić information content (AvgIpc) is 3.09. The number of ether oxygens (including phenoxy) is 1. The zero-order valence-electron chi connectivity index (χ0n) is 16.3. The lowest BCUT2D eigenvalue weighted by atomic mass is 10.1. The molecule has 0 spiro atoms. The summed E-state index contributed by atoms with van der Waals surface area (Å²) in [5, 5.41) is 2.84. The molecule has 3 heterocycles. The normalized spacial score (nSPS) is 12.5. The molecule has 0 fully saturated rings. The van der Waals surface area contributed by atoms with Gasteiger partial charge in [-0.25, -0.2) is 15.0 Å². The summed E-state index contributed by atoms with van der Waals surface area (Å²) < 4.78 is 6.24. The second kappa shape index (κ2) is 8.91. The molecule has 0 aliphatic heterocycles. The highest BCUT2D eigenvalue weighted by Crippen LogP contribution is 2.32. The number of carbonyl (C=O) groups is 1. The van der Waals surface area contributed by atoms with Crippen LogP contribution >= 0.6 is 27.7 Å². The van der Waals surface area contributed by atoms with Crippen molar-refractivity contribution in [2.24, 2.45) is 5.92 Å². The van der Waals surface area contributed by atoms with Gasteiger partial charge in [-0.3, -0.25) is 10.1 Å². The van der Waals surface area contributed by atoms with Crippen LogP contribution in [-0.2, 0) is 4.79 Å². The second-order valence-electron chi connectivity index (χ2n) is 6.77. The molecule has 3 aromatic rings. The van der Waals surface area contributed by atoms with Crippen molar-refractivity contribution in [1.82, 2.24) is 29.9 Å². The molecule has 12 heteroatoms. The van der Waals surface area contributed by atoms with Gasteiger partial charge in [0, 0.05) is 0 Å². The third kappa shape index (κ3) is 5.12. The van der Waals surface area contributed by atoms with Crippen LogP contribution in [0.1, 0.15) is 27.7 Å². The molecular weight excluding hydrogens is 460 g/mol. The van der Waals surface area contributed by atoms with E-state index < -0.39 is 5.25 Å². The molecule has 1 atom stereocenters. The van der Waals surface area contributed by atoms with E-state index in [-0.39, 0.29) is 29.8 Å². The number of nitrogens with two attached hydrogens (primary N) is 1. The van der Waals surface area contributed by atoms with E-state index in [4.69, 9.17) is 10.5 Å². The van der Waals surface area contributed by atoms with Crippen LogP contribution in [0.4, 0.5) is 11.9 Å². The van der Waals surface area contributed by atoms with E-state index >= 15 is 0 Å². The second-order valence-corrected chi connectivity index (χ2v) is 8.76. The lowest BCUT2D eigenvalue weighted by Crippen LogP contribution is -2.30. The summed E-state index contributed by atoms with van der Waals surface area (Å²) in [7, 11) is 0. The maximum absolute atomic E-state index is 13.0. The molecule has 10 nitrogen and oxygen atoms in total. The number of aromatic nitrogens is 6. The number of hydrogen-bond donors (Lipinski definition) is 3. The number of nitrogen functional groups attached to an aromatic ring is 1. The van der Waals surface area contributed by atoms with Crippen molar-refractivity contribution < 1.29 is 9.53 Å². The fraction of sp³-hybridized carbons (Fsp3) is 0.412. The largest absolute Gasteiger partial charge is 0.474 e. The van der Waals surface area contributed by atoms with Crippen LogP contribution in [0.2, 0.25) is 0 Å². The number of aromatic amines is 1. The van der Waals surface area contributed by atoms with Crippen molar-refractivity contribution in [2.75, 3.05) is 11.1 Å². The summed E-state index contributed by atoms with van der Waals surface area (Å²) in [6.45, 7) is 7.67. The van der Waals surface area contributed by atoms with Crippen molar-refractivity contribution in [3.8, 4) is 5.88 Å². The molecule has 29 heavy (non-hydrogen) atoms. The number of anilines is 2. The van der Waals surface area contributed by atoms with Gasteiger partial charge in [0.2, 0.25) is 23.7 Å². The molecule has 0 radical (unpaired) electrons. The summed E-state index contributed by atoms with van der Waals surface area (Å²) in [4.78, 5) is 36.8. The molecular formula is C17H21BrN8O2S. The van der Waals surface area contributed by atoms with Crippen LogP contribution in [0.25, 0.3) is 11.2 Å². The third-order valence-electron chi connectivity index (χ3n) is 3.67. The number of H-pyrrole nitrogens is 1. The van der Waals surface area contributed by atoms with Gasteiger partial charge >= 0.3 is 0 Å². The predicted molar refractivity (Wildman–Crippen MR) is 115 cm³/mol. The molecule has 0 aromatic carbocycles. The van der Waals surface area contributed by atoms with E-state index in [0.717, 1.165) is 0 Å². The Labute approximate surface area is 180 Å². The number of nitrogens with zero attached hydrogens (tertiary/aromatic N) is 5. The molecule has 0 saturated heterocycles. The summed E-state index contributed by atoms with van der Waals surface area (Å²) in [5.41, 5.74) is 6.87. The number of fused-ring (bicyclic) bond motifs is 1. The van der Waals surface area contributed by atoms with Gasteiger partial charge < -0.3 is 15.5 Å². The Morgan fingerprint density at radius 3 is 2.69 bits per heavy atom. The lowest BCUT2D eigenvalue weighted by molar-refractivity contribution is -0.116. The standard InChI is InChI=1S/C17H21BrN8O2S/c1-7(2)11(29-15-10-12(22-6-21-10)23-16(19)26-15)13(27)24-17-20-5-9(18)14(25-17)28-8(3)4/h5-8,11H,1-4H3,(H,20,24,25,27)(H3,19,21,22,23,26)/t11-/m0/s1. The van der Waals surface area contributed by atoms with Gasteiger partial charge in [0.25, 0.3) is 0 Å². The quantitative estimate of drug-likeness (QED) is 0.342. The number of amides is 1. The highest BCUT2D eigenvalue weighted by atomic mass is 79.9. The third-order valence-corrected chi connectivity index (χ3v) is 5.74. The van der Waals surface area contributed by atoms with Crippen LogP contribution < -0.4 is 15.8 Å². The molecule has 0 bridgehead atoms. The molecule has 1 amide bonds. The summed E-state index contributed by atoms with van der Waals surface area (Å²) in [5.74, 6) is 0.362. The fourth-order valence-electron chi connectivity index (χ4n) is 2.42. The zero-order chi connectivity index (χ0) is 21.1. The van der Waals surface area contributed by atoms with Crippen LogP contribution in [-0.4, -0.2) is 47.2 Å². The first-order valence-electron chi connectivity index (χ1n) is 8.88. The number of rotatable bonds is 7. The van der Waals surface area contributed by atoms with Crippen LogP contribution in [0.5, 0.6) is 5.88 Å². The Hall–Kier alpha value is -2.47. The predicted octanol–water partition coefficient (Wildman–Crippen LogP) is 3.03. The number of nitrogens with one attached hydrogen (secondary N) is 2. The lowest BCUT2D eigenvalue weighted by Gasteiger charge is -2.19. The van der Waals surface area contributed by atoms with Crippen molar-refractivity contribution in [1.29, 1.82) is 0 Å². The van der Waals surface area contributed by atoms with Gasteiger partial charge in [0.1, 0.15) is 10.5 Å². The highest BCUT2D eigenvalue weighted by Gasteiger charge is 2.27. The number of imidazole rings is 1.